The van der Waals surface area contributed by atoms with Crippen LogP contribution in [0, 0.1) is 0 Å². The van der Waals surface area contributed by atoms with Crippen molar-refractivity contribution in [3.63, 3.8) is 0 Å². The number of fused-ring (bicyclic) bond motifs is 1. The summed E-state index contributed by atoms with van der Waals surface area (Å²) >= 11 is 1.71. The molecule has 2 aromatic heterocycles. The number of allylic oxidation sites excluding steroid dienone is 1. The van der Waals surface area contributed by atoms with E-state index in [1.54, 1.807) is 11.3 Å². The maximum atomic E-state index is 5.61. The molecular weight excluding hydrogens is 230 g/mol. The zero-order chi connectivity index (χ0) is 12.3. The van der Waals surface area contributed by atoms with E-state index in [2.05, 4.69) is 28.4 Å². The summed E-state index contributed by atoms with van der Waals surface area (Å²) in [6, 6.07) is 4.34. The molecule has 90 valence electrons. The summed E-state index contributed by atoms with van der Waals surface area (Å²) in [5.74, 6) is 5.61. The number of thiophene rings is 1. The van der Waals surface area contributed by atoms with E-state index < -0.39 is 0 Å². The van der Waals surface area contributed by atoms with Gasteiger partial charge in [-0.15, -0.1) is 17.9 Å². The molecule has 0 spiro atoms. The van der Waals surface area contributed by atoms with Gasteiger partial charge < -0.3 is 0 Å². The van der Waals surface area contributed by atoms with E-state index in [0.717, 1.165) is 23.9 Å². The molecule has 3 N–H and O–H groups in total. The van der Waals surface area contributed by atoms with Crippen LogP contribution in [0.3, 0.4) is 0 Å². The maximum absolute atomic E-state index is 5.61. The van der Waals surface area contributed by atoms with Gasteiger partial charge in [-0.3, -0.25) is 16.3 Å². The largest absolute Gasteiger partial charge is 0.271 e. The quantitative estimate of drug-likeness (QED) is 0.485. The second-order valence-corrected chi connectivity index (χ2v) is 5.24. The van der Waals surface area contributed by atoms with Crippen molar-refractivity contribution in [2.24, 2.45) is 5.84 Å². The summed E-state index contributed by atoms with van der Waals surface area (Å²) < 4.78 is 1.21. The molecule has 0 aliphatic heterocycles. The summed E-state index contributed by atoms with van der Waals surface area (Å²) in [7, 11) is 0. The summed E-state index contributed by atoms with van der Waals surface area (Å²) in [4.78, 5) is 4.43. The lowest BCUT2D eigenvalue weighted by Gasteiger charge is -2.15. The maximum Gasteiger partial charge on any atom is 0.0809 e. The number of nitrogens with one attached hydrogen (secondary N) is 1. The predicted octanol–water partition coefficient (Wildman–Crippen LogP) is 3.16. The summed E-state index contributed by atoms with van der Waals surface area (Å²) in [6.07, 6.45) is 3.82. The van der Waals surface area contributed by atoms with E-state index in [1.165, 1.54) is 10.3 Å². The van der Waals surface area contributed by atoms with Crippen molar-refractivity contribution in [2.45, 2.75) is 25.8 Å². The highest BCUT2D eigenvalue weighted by molar-refractivity contribution is 7.17. The highest BCUT2D eigenvalue weighted by Crippen LogP contribution is 2.25. The van der Waals surface area contributed by atoms with Crippen molar-refractivity contribution in [1.29, 1.82) is 0 Å². The zero-order valence-electron chi connectivity index (χ0n) is 9.94. The van der Waals surface area contributed by atoms with Crippen LogP contribution in [0.5, 0.6) is 0 Å². The Labute approximate surface area is 105 Å². The predicted molar refractivity (Wildman–Crippen MR) is 73.7 cm³/mol. The Bertz CT molecular complexity index is 518. The van der Waals surface area contributed by atoms with Gasteiger partial charge in [-0.2, -0.15) is 0 Å². The Hall–Kier alpha value is -1.23. The van der Waals surface area contributed by atoms with Gasteiger partial charge in [0.2, 0.25) is 0 Å². The van der Waals surface area contributed by atoms with Crippen LogP contribution in [0.1, 0.15) is 31.4 Å². The fraction of sp³-hybridized carbons (Fsp3) is 0.308. The molecule has 0 aliphatic carbocycles. The first-order valence-electron chi connectivity index (χ1n) is 5.64. The normalized spacial score (nSPS) is 12.8. The number of nitrogens with zero attached hydrogens (tertiary/aromatic N) is 1. The Morgan fingerprint density at radius 3 is 3.18 bits per heavy atom. The molecule has 2 heterocycles. The van der Waals surface area contributed by atoms with Crippen LogP contribution in [0.25, 0.3) is 10.2 Å². The molecule has 0 aliphatic rings. The lowest BCUT2D eigenvalue weighted by molar-refractivity contribution is 0.515. The molecule has 0 fully saturated rings. The number of aromatic nitrogens is 1. The van der Waals surface area contributed by atoms with Crippen LogP contribution in [0.15, 0.2) is 35.9 Å². The van der Waals surface area contributed by atoms with Crippen LogP contribution in [0.4, 0.5) is 0 Å². The number of hydrazine groups is 1. The zero-order valence-corrected chi connectivity index (χ0v) is 10.8. The van der Waals surface area contributed by atoms with E-state index >= 15 is 0 Å². The first-order valence-corrected chi connectivity index (χ1v) is 6.52. The van der Waals surface area contributed by atoms with Crippen molar-refractivity contribution in [3.8, 4) is 0 Å². The van der Waals surface area contributed by atoms with Crippen molar-refractivity contribution in [2.75, 3.05) is 0 Å². The van der Waals surface area contributed by atoms with E-state index in [4.69, 9.17) is 5.84 Å². The van der Waals surface area contributed by atoms with E-state index in [9.17, 15) is 0 Å². The molecule has 0 amide bonds. The van der Waals surface area contributed by atoms with Gasteiger partial charge in [-0.05, 0) is 42.8 Å². The molecule has 2 rings (SSSR count). The van der Waals surface area contributed by atoms with Gasteiger partial charge in [-0.25, -0.2) is 0 Å². The van der Waals surface area contributed by atoms with Gasteiger partial charge in [0, 0.05) is 12.2 Å². The number of hydrogen-bond acceptors (Lipinski definition) is 4. The molecule has 4 heteroatoms. The lowest BCUT2D eigenvalue weighted by Crippen LogP contribution is -2.28. The summed E-state index contributed by atoms with van der Waals surface area (Å²) in [5, 5.41) is 2.06. The molecule has 1 unspecified atom stereocenters. The third kappa shape index (κ3) is 2.91. The molecule has 17 heavy (non-hydrogen) atoms. The molecular formula is C13H17N3S. The van der Waals surface area contributed by atoms with Gasteiger partial charge in [0.25, 0.3) is 0 Å². The number of nitrogens with two attached hydrogens (primary N) is 1. The minimum Gasteiger partial charge on any atom is -0.271 e. The second-order valence-electron chi connectivity index (χ2n) is 4.29. The topological polar surface area (TPSA) is 50.9 Å². The average Bonchev–Trinajstić information content (AvgIpc) is 2.76. The lowest BCUT2D eigenvalue weighted by atomic mass is 10.0. The van der Waals surface area contributed by atoms with E-state index in [1.807, 2.05) is 19.2 Å². The third-order valence-corrected chi connectivity index (χ3v) is 3.64. The van der Waals surface area contributed by atoms with E-state index in [-0.39, 0.29) is 6.04 Å². The second kappa shape index (κ2) is 5.40. The van der Waals surface area contributed by atoms with Crippen LogP contribution >= 0.6 is 11.3 Å². The van der Waals surface area contributed by atoms with Crippen molar-refractivity contribution < 1.29 is 0 Å². The summed E-state index contributed by atoms with van der Waals surface area (Å²) in [6.45, 7) is 5.95. The molecule has 1 atom stereocenters. The molecule has 3 nitrogen and oxygen atoms in total. The molecule has 0 bridgehead atoms. The SMILES string of the molecule is C=C(C)CCC(NN)c1cnc2ccsc2c1. The van der Waals surface area contributed by atoms with Crippen molar-refractivity contribution in [3.05, 3.63) is 41.4 Å². The summed E-state index contributed by atoms with van der Waals surface area (Å²) in [5.41, 5.74) is 6.22. The van der Waals surface area contributed by atoms with Gasteiger partial charge in [0.15, 0.2) is 0 Å². The smallest absolute Gasteiger partial charge is 0.0809 e. The van der Waals surface area contributed by atoms with E-state index in [0.29, 0.717) is 0 Å². The number of hydrogen-bond donors (Lipinski definition) is 2. The highest BCUT2D eigenvalue weighted by Gasteiger charge is 2.11. The van der Waals surface area contributed by atoms with Crippen LogP contribution < -0.4 is 11.3 Å². The highest BCUT2D eigenvalue weighted by atomic mass is 32.1. The minimum absolute atomic E-state index is 0.144. The molecule has 0 saturated heterocycles. The first-order chi connectivity index (χ1) is 8.20. The average molecular weight is 247 g/mol. The fourth-order valence-electron chi connectivity index (χ4n) is 1.79. The van der Waals surface area contributed by atoms with Crippen LogP contribution in [-0.2, 0) is 0 Å². The number of rotatable bonds is 5. The van der Waals surface area contributed by atoms with Crippen LogP contribution in [0.2, 0.25) is 0 Å². The Balaban J connectivity index is 2.20. The Morgan fingerprint density at radius 2 is 2.47 bits per heavy atom. The standard InChI is InChI=1S/C13H17N3S/c1-9(2)3-4-11(16-14)10-7-13-12(15-8-10)5-6-17-13/h5-8,11,16H,1,3-4,14H2,2H3. The van der Waals surface area contributed by atoms with Crippen LogP contribution in [-0.4, -0.2) is 4.98 Å². The molecule has 0 saturated carbocycles. The molecule has 0 aromatic carbocycles. The van der Waals surface area contributed by atoms with Gasteiger partial charge in [0.05, 0.1) is 10.2 Å². The Morgan fingerprint density at radius 1 is 1.65 bits per heavy atom. The van der Waals surface area contributed by atoms with Gasteiger partial charge in [-0.1, -0.05) is 5.57 Å². The molecule has 2 aromatic rings. The number of pyridine rings is 1. The van der Waals surface area contributed by atoms with Crippen molar-refractivity contribution in [1.82, 2.24) is 10.4 Å². The first kappa shape index (κ1) is 12.2. The monoisotopic (exact) mass is 247 g/mol. The minimum atomic E-state index is 0.144. The van der Waals surface area contributed by atoms with Crippen molar-refractivity contribution >= 4 is 21.6 Å². The third-order valence-electron chi connectivity index (χ3n) is 2.79. The van der Waals surface area contributed by atoms with Gasteiger partial charge >= 0.3 is 0 Å². The van der Waals surface area contributed by atoms with Gasteiger partial charge in [0.1, 0.15) is 0 Å². The Kier molecular flexibility index (Phi) is 3.89. The molecule has 0 radical (unpaired) electrons. The fourth-order valence-corrected chi connectivity index (χ4v) is 2.58.